The summed E-state index contributed by atoms with van der Waals surface area (Å²) in [5, 5.41) is 12.6. The van der Waals surface area contributed by atoms with Crippen molar-refractivity contribution < 1.29 is 0 Å². The molecule has 0 spiro atoms. The third kappa shape index (κ3) is 2.91. The van der Waals surface area contributed by atoms with E-state index in [1.165, 1.54) is 18.4 Å². The van der Waals surface area contributed by atoms with Crippen LogP contribution in [0.1, 0.15) is 49.7 Å². The summed E-state index contributed by atoms with van der Waals surface area (Å²) in [6.07, 6.45) is 2.45. The second-order valence-electron chi connectivity index (χ2n) is 5.54. The first-order valence-corrected chi connectivity index (χ1v) is 6.92. The normalized spacial score (nSPS) is 18.6. The van der Waals surface area contributed by atoms with Gasteiger partial charge in [-0.2, -0.15) is 5.26 Å². The minimum Gasteiger partial charge on any atom is -0.317 e. The van der Waals surface area contributed by atoms with Gasteiger partial charge in [0.1, 0.15) is 0 Å². The zero-order valence-corrected chi connectivity index (χ0v) is 11.3. The number of hydrogen-bond acceptors (Lipinski definition) is 2. The topological polar surface area (TPSA) is 35.8 Å². The van der Waals surface area contributed by atoms with Crippen molar-refractivity contribution in [3.05, 3.63) is 35.4 Å². The number of rotatable bonds is 3. The third-order valence-corrected chi connectivity index (χ3v) is 3.91. The molecule has 0 radical (unpaired) electrons. The van der Waals surface area contributed by atoms with Crippen molar-refractivity contribution in [1.29, 1.82) is 5.26 Å². The molecule has 1 N–H and O–H groups in total. The molecule has 0 saturated carbocycles. The number of piperidine rings is 1. The number of nitrogens with one attached hydrogen (secondary N) is 1. The Morgan fingerprint density at radius 3 is 2.28 bits per heavy atom. The first-order chi connectivity index (χ1) is 8.72. The Morgan fingerprint density at radius 1 is 1.17 bits per heavy atom. The maximum Gasteiger partial charge on any atom is 0.0735 e. The maximum atomic E-state index is 9.21. The van der Waals surface area contributed by atoms with Crippen molar-refractivity contribution in [3.63, 3.8) is 0 Å². The van der Waals surface area contributed by atoms with E-state index in [4.69, 9.17) is 0 Å². The maximum absolute atomic E-state index is 9.21. The summed E-state index contributed by atoms with van der Waals surface area (Å²) in [5.41, 5.74) is 2.59. The van der Waals surface area contributed by atoms with E-state index in [-0.39, 0.29) is 5.92 Å². The Hall–Kier alpha value is -1.33. The molecule has 0 amide bonds. The first-order valence-electron chi connectivity index (χ1n) is 6.92. The van der Waals surface area contributed by atoms with Gasteiger partial charge in [0.15, 0.2) is 0 Å². The summed E-state index contributed by atoms with van der Waals surface area (Å²) in [4.78, 5) is 0. The number of benzene rings is 1. The second kappa shape index (κ2) is 6.02. The first kappa shape index (κ1) is 13.1. The molecule has 2 rings (SSSR count). The Labute approximate surface area is 110 Å². The molecule has 1 aromatic carbocycles. The molecular formula is C16H22N2. The average Bonchev–Trinajstić information content (AvgIpc) is 2.41. The number of hydrogen-bond donors (Lipinski definition) is 1. The van der Waals surface area contributed by atoms with Crippen LogP contribution in [0.15, 0.2) is 24.3 Å². The van der Waals surface area contributed by atoms with Crippen molar-refractivity contribution in [2.75, 3.05) is 13.1 Å². The molecule has 1 aliphatic heterocycles. The summed E-state index contributed by atoms with van der Waals surface area (Å²) in [6, 6.07) is 11.1. The van der Waals surface area contributed by atoms with Gasteiger partial charge in [-0.05, 0) is 48.9 Å². The highest BCUT2D eigenvalue weighted by Gasteiger charge is 2.17. The monoisotopic (exact) mass is 242 g/mol. The van der Waals surface area contributed by atoms with Crippen molar-refractivity contribution in [2.24, 2.45) is 5.92 Å². The fourth-order valence-electron chi connectivity index (χ4n) is 2.74. The molecule has 96 valence electrons. The molecule has 0 aromatic heterocycles. The zero-order chi connectivity index (χ0) is 13.0. The highest BCUT2D eigenvalue weighted by Crippen LogP contribution is 2.28. The van der Waals surface area contributed by atoms with Gasteiger partial charge in [-0.3, -0.25) is 0 Å². The van der Waals surface area contributed by atoms with Crippen LogP contribution in [0.3, 0.4) is 0 Å². The lowest BCUT2D eigenvalue weighted by Gasteiger charge is -2.23. The number of nitriles is 1. The van der Waals surface area contributed by atoms with Crippen molar-refractivity contribution >= 4 is 0 Å². The van der Waals surface area contributed by atoms with E-state index in [1.54, 1.807) is 0 Å². The predicted molar refractivity (Wildman–Crippen MR) is 74.5 cm³/mol. The molecule has 2 nitrogen and oxygen atoms in total. The lowest BCUT2D eigenvalue weighted by atomic mass is 9.86. The fourth-order valence-corrected chi connectivity index (χ4v) is 2.74. The van der Waals surface area contributed by atoms with Crippen LogP contribution >= 0.6 is 0 Å². The van der Waals surface area contributed by atoms with Crippen LogP contribution in [0.25, 0.3) is 0 Å². The largest absolute Gasteiger partial charge is 0.317 e. The minimum atomic E-state index is 0.0204. The lowest BCUT2D eigenvalue weighted by molar-refractivity contribution is 0.460. The van der Waals surface area contributed by atoms with Gasteiger partial charge in [0.2, 0.25) is 0 Å². The predicted octanol–water partition coefficient (Wildman–Crippen LogP) is 3.42. The molecular weight excluding hydrogens is 220 g/mol. The molecule has 2 heteroatoms. The molecule has 18 heavy (non-hydrogen) atoms. The second-order valence-corrected chi connectivity index (χ2v) is 5.54. The van der Waals surface area contributed by atoms with Crippen LogP contribution < -0.4 is 5.32 Å². The SMILES string of the molecule is CC(C)C(C#N)c1ccc(C2CCNCC2)cc1. The lowest BCUT2D eigenvalue weighted by Crippen LogP contribution is -2.26. The molecule has 1 aromatic rings. The molecule has 0 bridgehead atoms. The summed E-state index contributed by atoms with van der Waals surface area (Å²) < 4.78 is 0. The summed E-state index contributed by atoms with van der Waals surface area (Å²) in [6.45, 7) is 6.46. The Balaban J connectivity index is 2.12. The van der Waals surface area contributed by atoms with Gasteiger partial charge >= 0.3 is 0 Å². The van der Waals surface area contributed by atoms with E-state index in [9.17, 15) is 5.26 Å². The molecule has 1 saturated heterocycles. The molecule has 1 unspecified atom stereocenters. The van der Waals surface area contributed by atoms with Gasteiger partial charge in [0.05, 0.1) is 12.0 Å². The molecule has 1 atom stereocenters. The average molecular weight is 242 g/mol. The van der Waals surface area contributed by atoms with Crippen LogP contribution in [0.4, 0.5) is 0 Å². The highest BCUT2D eigenvalue weighted by molar-refractivity contribution is 5.31. The van der Waals surface area contributed by atoms with Gasteiger partial charge in [0.25, 0.3) is 0 Å². The Morgan fingerprint density at radius 2 is 1.78 bits per heavy atom. The molecule has 1 aliphatic rings. The fraction of sp³-hybridized carbons (Fsp3) is 0.562. The minimum absolute atomic E-state index is 0.0204. The van der Waals surface area contributed by atoms with Gasteiger partial charge in [0, 0.05) is 0 Å². The van der Waals surface area contributed by atoms with Gasteiger partial charge in [-0.15, -0.1) is 0 Å². The van der Waals surface area contributed by atoms with Crippen LogP contribution in [-0.2, 0) is 0 Å². The van der Waals surface area contributed by atoms with Crippen LogP contribution in [-0.4, -0.2) is 13.1 Å². The summed E-state index contributed by atoms with van der Waals surface area (Å²) in [7, 11) is 0. The van der Waals surface area contributed by atoms with Crippen LogP contribution in [0.2, 0.25) is 0 Å². The van der Waals surface area contributed by atoms with Crippen molar-refractivity contribution in [3.8, 4) is 6.07 Å². The van der Waals surface area contributed by atoms with E-state index in [0.29, 0.717) is 11.8 Å². The van der Waals surface area contributed by atoms with Crippen molar-refractivity contribution in [1.82, 2.24) is 5.32 Å². The standard InChI is InChI=1S/C16H22N2/c1-12(2)16(11-17)15-5-3-13(4-6-15)14-7-9-18-10-8-14/h3-6,12,14,16,18H,7-10H2,1-2H3. The molecule has 1 fully saturated rings. The van der Waals surface area contributed by atoms with E-state index >= 15 is 0 Å². The Kier molecular flexibility index (Phi) is 4.38. The van der Waals surface area contributed by atoms with E-state index in [0.717, 1.165) is 18.7 Å². The van der Waals surface area contributed by atoms with Gasteiger partial charge < -0.3 is 5.32 Å². The Bertz CT molecular complexity index is 408. The summed E-state index contributed by atoms with van der Waals surface area (Å²) in [5.74, 6) is 1.09. The smallest absolute Gasteiger partial charge is 0.0735 e. The van der Waals surface area contributed by atoms with Crippen molar-refractivity contribution in [2.45, 2.75) is 38.5 Å². The van der Waals surface area contributed by atoms with Gasteiger partial charge in [-0.1, -0.05) is 38.1 Å². The van der Waals surface area contributed by atoms with Crippen LogP contribution in [0.5, 0.6) is 0 Å². The van der Waals surface area contributed by atoms with Crippen LogP contribution in [0, 0.1) is 17.2 Å². The quantitative estimate of drug-likeness (QED) is 0.881. The summed E-state index contributed by atoms with van der Waals surface area (Å²) >= 11 is 0. The van der Waals surface area contributed by atoms with E-state index in [1.807, 2.05) is 0 Å². The third-order valence-electron chi connectivity index (χ3n) is 3.91. The zero-order valence-electron chi connectivity index (χ0n) is 11.3. The molecule has 0 aliphatic carbocycles. The number of nitrogens with zero attached hydrogens (tertiary/aromatic N) is 1. The highest BCUT2D eigenvalue weighted by atomic mass is 14.9. The van der Waals surface area contributed by atoms with Gasteiger partial charge in [-0.25, -0.2) is 0 Å². The van der Waals surface area contributed by atoms with E-state index < -0.39 is 0 Å². The van der Waals surface area contributed by atoms with E-state index in [2.05, 4.69) is 49.5 Å². The molecule has 1 heterocycles.